The molecule has 2 aliphatic rings. The van der Waals surface area contributed by atoms with Gasteiger partial charge in [0.1, 0.15) is 6.54 Å². The lowest BCUT2D eigenvalue weighted by atomic mass is 9.87. The average molecular weight is 273 g/mol. The largest absolute Gasteiger partial charge is 0.480 e. The van der Waals surface area contributed by atoms with Crippen molar-refractivity contribution < 1.29 is 14.7 Å². The van der Waals surface area contributed by atoms with Gasteiger partial charge in [-0.25, -0.2) is 0 Å². The summed E-state index contributed by atoms with van der Waals surface area (Å²) in [5, 5.41) is 9.07. The summed E-state index contributed by atoms with van der Waals surface area (Å²) in [5.74, 6) is 0.188. The molecule has 0 heterocycles. The predicted octanol–water partition coefficient (Wildman–Crippen LogP) is 2.54. The molecule has 0 spiro atoms. The molecule has 1 aromatic carbocycles. The second-order valence-electron chi connectivity index (χ2n) is 5.94. The first-order valence-corrected chi connectivity index (χ1v) is 7.23. The Hall–Kier alpha value is -1.84. The zero-order chi connectivity index (χ0) is 14.1. The fourth-order valence-corrected chi connectivity index (χ4v) is 3.79. The summed E-state index contributed by atoms with van der Waals surface area (Å²) < 4.78 is 0. The van der Waals surface area contributed by atoms with Gasteiger partial charge >= 0.3 is 5.97 Å². The number of carboxylic acids is 1. The van der Waals surface area contributed by atoms with Gasteiger partial charge in [-0.05, 0) is 43.2 Å². The van der Waals surface area contributed by atoms with Crippen molar-refractivity contribution in [2.75, 3.05) is 11.4 Å². The predicted molar refractivity (Wildman–Crippen MR) is 75.4 cm³/mol. The van der Waals surface area contributed by atoms with Crippen molar-refractivity contribution in [3.8, 4) is 0 Å². The number of fused-ring (bicyclic) bond motifs is 2. The van der Waals surface area contributed by atoms with Crippen molar-refractivity contribution in [2.45, 2.75) is 25.7 Å². The Morgan fingerprint density at radius 2 is 1.90 bits per heavy atom. The minimum absolute atomic E-state index is 0.00852. The quantitative estimate of drug-likeness (QED) is 0.917. The van der Waals surface area contributed by atoms with Gasteiger partial charge in [-0.15, -0.1) is 0 Å². The highest BCUT2D eigenvalue weighted by Crippen LogP contribution is 2.49. The van der Waals surface area contributed by atoms with Crippen molar-refractivity contribution in [1.82, 2.24) is 0 Å². The Balaban J connectivity index is 1.82. The average Bonchev–Trinajstić information content (AvgIpc) is 3.07. The standard InChI is InChI=1S/C16H19NO3/c18-15(19)10-17(13-4-2-1-3-5-13)16(20)14-9-11-6-7-12(14)8-11/h1-5,11-12,14H,6-10H2,(H,18,19). The van der Waals surface area contributed by atoms with E-state index in [4.69, 9.17) is 5.11 Å². The highest BCUT2D eigenvalue weighted by molar-refractivity contribution is 5.99. The number of hydrogen-bond acceptors (Lipinski definition) is 2. The highest BCUT2D eigenvalue weighted by atomic mass is 16.4. The molecule has 1 amide bonds. The van der Waals surface area contributed by atoms with Crippen molar-refractivity contribution in [1.29, 1.82) is 0 Å². The molecule has 0 aromatic heterocycles. The number of carbonyl (C=O) groups excluding carboxylic acids is 1. The van der Waals surface area contributed by atoms with Gasteiger partial charge in [0.15, 0.2) is 0 Å². The number of carbonyl (C=O) groups is 2. The van der Waals surface area contributed by atoms with Crippen LogP contribution in [0.15, 0.2) is 30.3 Å². The van der Waals surface area contributed by atoms with Crippen LogP contribution in [-0.4, -0.2) is 23.5 Å². The minimum atomic E-state index is -0.967. The maximum absolute atomic E-state index is 12.7. The molecule has 4 heteroatoms. The van der Waals surface area contributed by atoms with Crippen LogP contribution in [0.3, 0.4) is 0 Å². The fraction of sp³-hybridized carbons (Fsp3) is 0.500. The second-order valence-corrected chi connectivity index (χ2v) is 5.94. The number of hydrogen-bond donors (Lipinski definition) is 1. The van der Waals surface area contributed by atoms with Gasteiger partial charge < -0.3 is 10.0 Å². The molecule has 3 rings (SSSR count). The lowest BCUT2D eigenvalue weighted by Gasteiger charge is -2.28. The highest BCUT2D eigenvalue weighted by Gasteiger charge is 2.44. The Kier molecular flexibility index (Phi) is 3.47. The summed E-state index contributed by atoms with van der Waals surface area (Å²) in [4.78, 5) is 25.2. The molecule has 2 bridgehead atoms. The van der Waals surface area contributed by atoms with Crippen LogP contribution in [0.2, 0.25) is 0 Å². The molecule has 3 atom stereocenters. The second kappa shape index (κ2) is 5.27. The first kappa shape index (κ1) is 13.2. The number of para-hydroxylation sites is 1. The molecule has 2 aliphatic carbocycles. The summed E-state index contributed by atoms with van der Waals surface area (Å²) in [6.07, 6.45) is 4.44. The molecule has 4 nitrogen and oxygen atoms in total. The van der Waals surface area contributed by atoms with Gasteiger partial charge in [0.25, 0.3) is 0 Å². The minimum Gasteiger partial charge on any atom is -0.480 e. The molecule has 0 aliphatic heterocycles. The third-order valence-corrected chi connectivity index (χ3v) is 4.68. The first-order valence-electron chi connectivity index (χ1n) is 7.23. The fourth-order valence-electron chi connectivity index (χ4n) is 3.79. The number of benzene rings is 1. The van der Waals surface area contributed by atoms with Gasteiger partial charge in [-0.2, -0.15) is 0 Å². The molecule has 2 saturated carbocycles. The third kappa shape index (κ3) is 2.42. The van der Waals surface area contributed by atoms with E-state index in [-0.39, 0.29) is 18.4 Å². The Morgan fingerprint density at radius 1 is 1.15 bits per heavy atom. The topological polar surface area (TPSA) is 57.6 Å². The molecular weight excluding hydrogens is 254 g/mol. The van der Waals surface area contributed by atoms with E-state index in [1.54, 1.807) is 12.1 Å². The Bertz CT molecular complexity index is 514. The van der Waals surface area contributed by atoms with E-state index in [9.17, 15) is 9.59 Å². The van der Waals surface area contributed by atoms with Gasteiger partial charge in [0.2, 0.25) is 5.91 Å². The zero-order valence-corrected chi connectivity index (χ0v) is 11.4. The maximum atomic E-state index is 12.7. The molecule has 0 saturated heterocycles. The maximum Gasteiger partial charge on any atom is 0.323 e. The van der Waals surface area contributed by atoms with E-state index in [1.807, 2.05) is 18.2 Å². The van der Waals surface area contributed by atoms with Crippen LogP contribution < -0.4 is 4.90 Å². The van der Waals surface area contributed by atoms with E-state index in [2.05, 4.69) is 0 Å². The van der Waals surface area contributed by atoms with E-state index in [1.165, 1.54) is 11.3 Å². The summed E-state index contributed by atoms with van der Waals surface area (Å²) in [7, 11) is 0. The van der Waals surface area contributed by atoms with Gasteiger partial charge in [-0.1, -0.05) is 24.6 Å². The van der Waals surface area contributed by atoms with Crippen LogP contribution in [0.4, 0.5) is 5.69 Å². The summed E-state index contributed by atoms with van der Waals surface area (Å²) in [5.41, 5.74) is 0.683. The van der Waals surface area contributed by atoms with E-state index < -0.39 is 5.97 Å². The molecule has 0 radical (unpaired) electrons. The molecule has 3 unspecified atom stereocenters. The molecule has 106 valence electrons. The van der Waals surface area contributed by atoms with E-state index in [0.717, 1.165) is 19.3 Å². The number of carboxylic acid groups (broad SMARTS) is 1. The molecule has 1 aromatic rings. The lowest BCUT2D eigenvalue weighted by Crippen LogP contribution is -2.41. The summed E-state index contributed by atoms with van der Waals surface area (Å²) in [6, 6.07) is 9.13. The smallest absolute Gasteiger partial charge is 0.323 e. The van der Waals surface area contributed by atoms with Crippen LogP contribution in [-0.2, 0) is 9.59 Å². The van der Waals surface area contributed by atoms with Crippen LogP contribution >= 0.6 is 0 Å². The van der Waals surface area contributed by atoms with Crippen LogP contribution in [0.25, 0.3) is 0 Å². The van der Waals surface area contributed by atoms with Crippen LogP contribution in [0.5, 0.6) is 0 Å². The number of amides is 1. The van der Waals surface area contributed by atoms with Crippen molar-refractivity contribution >= 4 is 17.6 Å². The van der Waals surface area contributed by atoms with Gasteiger partial charge in [0.05, 0.1) is 0 Å². The van der Waals surface area contributed by atoms with Crippen LogP contribution in [0.1, 0.15) is 25.7 Å². The number of nitrogens with zero attached hydrogens (tertiary/aromatic N) is 1. The molecule has 20 heavy (non-hydrogen) atoms. The first-order chi connectivity index (χ1) is 9.65. The number of aliphatic carboxylic acids is 1. The molecular formula is C16H19NO3. The Labute approximate surface area is 118 Å². The van der Waals surface area contributed by atoms with Crippen molar-refractivity contribution in [3.63, 3.8) is 0 Å². The zero-order valence-electron chi connectivity index (χ0n) is 11.4. The normalized spacial score (nSPS) is 27.5. The van der Waals surface area contributed by atoms with Gasteiger partial charge in [0, 0.05) is 11.6 Å². The Morgan fingerprint density at radius 3 is 2.45 bits per heavy atom. The van der Waals surface area contributed by atoms with Crippen LogP contribution in [0, 0.1) is 17.8 Å². The summed E-state index contributed by atoms with van der Waals surface area (Å²) >= 11 is 0. The van der Waals surface area contributed by atoms with Crippen molar-refractivity contribution in [2.24, 2.45) is 17.8 Å². The third-order valence-electron chi connectivity index (χ3n) is 4.68. The summed E-state index contributed by atoms with van der Waals surface area (Å²) in [6.45, 7) is -0.253. The SMILES string of the molecule is O=C(O)CN(C(=O)C1CC2CCC1C2)c1ccccc1. The molecule has 1 N–H and O–H groups in total. The number of anilines is 1. The monoisotopic (exact) mass is 273 g/mol. The van der Waals surface area contributed by atoms with Crippen molar-refractivity contribution in [3.05, 3.63) is 30.3 Å². The van der Waals surface area contributed by atoms with E-state index in [0.29, 0.717) is 17.5 Å². The molecule has 2 fully saturated rings. The van der Waals surface area contributed by atoms with Gasteiger partial charge in [-0.3, -0.25) is 9.59 Å². The number of rotatable bonds is 4. The lowest BCUT2D eigenvalue weighted by molar-refractivity contribution is -0.137. The van der Waals surface area contributed by atoms with E-state index >= 15 is 0 Å².